The Morgan fingerprint density at radius 2 is 1.96 bits per heavy atom. The Labute approximate surface area is 163 Å². The molecule has 0 fully saturated rings. The van der Waals surface area contributed by atoms with Crippen molar-refractivity contribution in [3.63, 3.8) is 0 Å². The lowest BCUT2D eigenvalue weighted by Crippen LogP contribution is -2.45. The lowest BCUT2D eigenvalue weighted by Gasteiger charge is -2.31. The summed E-state index contributed by atoms with van der Waals surface area (Å²) in [5.74, 6) is -0.352. The summed E-state index contributed by atoms with van der Waals surface area (Å²) in [4.78, 5) is 40.3. The van der Waals surface area contributed by atoms with E-state index in [0.717, 1.165) is 0 Å². The Morgan fingerprint density at radius 1 is 1.29 bits per heavy atom. The number of urea groups is 1. The van der Waals surface area contributed by atoms with E-state index in [0.29, 0.717) is 29.3 Å². The fourth-order valence-corrected chi connectivity index (χ4v) is 3.35. The van der Waals surface area contributed by atoms with Crippen molar-refractivity contribution >= 4 is 17.8 Å². The first-order valence-corrected chi connectivity index (χ1v) is 9.36. The Morgan fingerprint density at radius 3 is 2.61 bits per heavy atom. The van der Waals surface area contributed by atoms with Gasteiger partial charge in [-0.05, 0) is 23.6 Å². The van der Waals surface area contributed by atoms with Crippen LogP contribution >= 0.6 is 0 Å². The number of amides is 4. The second kappa shape index (κ2) is 8.00. The third-order valence-corrected chi connectivity index (χ3v) is 4.95. The molecule has 1 atom stereocenters. The fraction of sp³-hybridized carbons (Fsp3) is 0.450. The molecule has 8 heteroatoms. The summed E-state index contributed by atoms with van der Waals surface area (Å²) in [5.41, 5.74) is 1.72. The predicted octanol–water partition coefficient (Wildman–Crippen LogP) is 1.78. The average molecular weight is 388 g/mol. The van der Waals surface area contributed by atoms with Gasteiger partial charge in [0, 0.05) is 26.6 Å². The van der Waals surface area contributed by atoms with Crippen LogP contribution < -0.4 is 10.6 Å². The molecule has 2 aliphatic heterocycles. The summed E-state index contributed by atoms with van der Waals surface area (Å²) in [6, 6.07) is 4.77. The molecule has 4 amide bonds. The largest absolute Gasteiger partial charge is 0.356 e. The highest BCUT2D eigenvalue weighted by molar-refractivity contribution is 6.01. The van der Waals surface area contributed by atoms with Crippen LogP contribution in [0.3, 0.4) is 0 Å². The summed E-state index contributed by atoms with van der Waals surface area (Å²) in [6.07, 6.45) is 0.200. The highest BCUT2D eigenvalue weighted by Gasteiger charge is 2.42. The summed E-state index contributed by atoms with van der Waals surface area (Å²) >= 11 is 0. The summed E-state index contributed by atoms with van der Waals surface area (Å²) in [6.45, 7) is 5.16. The van der Waals surface area contributed by atoms with Crippen LogP contribution in [0.4, 0.5) is 9.18 Å². The van der Waals surface area contributed by atoms with Crippen LogP contribution in [0.1, 0.15) is 31.9 Å². The first-order valence-electron chi connectivity index (χ1n) is 9.36. The molecule has 1 aromatic rings. The van der Waals surface area contributed by atoms with Gasteiger partial charge in [-0.3, -0.25) is 14.5 Å². The van der Waals surface area contributed by atoms with Crippen LogP contribution in [-0.2, 0) is 9.59 Å². The van der Waals surface area contributed by atoms with Gasteiger partial charge in [0.2, 0.25) is 5.91 Å². The monoisotopic (exact) mass is 388 g/mol. The molecule has 0 bridgehead atoms. The molecular formula is C20H25FN4O3. The summed E-state index contributed by atoms with van der Waals surface area (Å²) in [7, 11) is 1.61. The average Bonchev–Trinajstić information content (AvgIpc) is 2.99. The van der Waals surface area contributed by atoms with Crippen molar-refractivity contribution in [2.45, 2.75) is 26.3 Å². The van der Waals surface area contributed by atoms with Gasteiger partial charge in [-0.15, -0.1) is 0 Å². The van der Waals surface area contributed by atoms with Crippen LogP contribution in [-0.4, -0.2) is 54.3 Å². The number of hydrogen-bond acceptors (Lipinski definition) is 3. The van der Waals surface area contributed by atoms with E-state index in [4.69, 9.17) is 0 Å². The van der Waals surface area contributed by atoms with Crippen molar-refractivity contribution in [2.75, 3.05) is 26.7 Å². The lowest BCUT2D eigenvalue weighted by molar-refractivity contribution is -0.127. The zero-order valence-electron chi connectivity index (χ0n) is 16.3. The number of rotatable bonds is 6. The van der Waals surface area contributed by atoms with Crippen molar-refractivity contribution in [1.82, 2.24) is 20.4 Å². The molecular weight excluding hydrogens is 363 g/mol. The smallest absolute Gasteiger partial charge is 0.322 e. The van der Waals surface area contributed by atoms with Gasteiger partial charge < -0.3 is 15.5 Å². The van der Waals surface area contributed by atoms with Crippen molar-refractivity contribution in [1.29, 1.82) is 0 Å². The Bertz CT molecular complexity index is 819. The number of carbonyl (C=O) groups excluding carboxylic acids is 3. The maximum atomic E-state index is 13.3. The number of halogens is 1. The minimum absolute atomic E-state index is 0.107. The molecule has 0 aliphatic carbocycles. The lowest BCUT2D eigenvalue weighted by atomic mass is 9.96. The second-order valence-corrected chi connectivity index (χ2v) is 7.53. The summed E-state index contributed by atoms with van der Waals surface area (Å²) < 4.78 is 13.3. The Kier molecular flexibility index (Phi) is 5.67. The number of nitrogens with one attached hydrogen (secondary N) is 2. The van der Waals surface area contributed by atoms with E-state index in [1.54, 1.807) is 24.1 Å². The molecule has 0 saturated carbocycles. The van der Waals surface area contributed by atoms with E-state index < -0.39 is 6.04 Å². The molecule has 3 rings (SSSR count). The van der Waals surface area contributed by atoms with Crippen molar-refractivity contribution in [3.05, 3.63) is 46.9 Å². The molecule has 28 heavy (non-hydrogen) atoms. The van der Waals surface area contributed by atoms with Crippen LogP contribution in [0.15, 0.2) is 35.5 Å². The topological polar surface area (TPSA) is 81.8 Å². The molecule has 0 radical (unpaired) electrons. The van der Waals surface area contributed by atoms with E-state index in [2.05, 4.69) is 10.6 Å². The minimum atomic E-state index is -0.633. The zero-order valence-corrected chi connectivity index (χ0v) is 16.3. The fourth-order valence-electron chi connectivity index (χ4n) is 3.35. The number of carbonyl (C=O) groups is 3. The van der Waals surface area contributed by atoms with Crippen molar-refractivity contribution in [2.24, 2.45) is 5.92 Å². The molecule has 2 heterocycles. The first kappa shape index (κ1) is 19.9. The zero-order chi connectivity index (χ0) is 20.4. The Hall–Kier alpha value is -2.90. The van der Waals surface area contributed by atoms with Crippen molar-refractivity contribution in [3.8, 4) is 0 Å². The molecule has 2 N–H and O–H groups in total. The van der Waals surface area contributed by atoms with Gasteiger partial charge in [-0.1, -0.05) is 26.0 Å². The van der Waals surface area contributed by atoms with Crippen LogP contribution in [0.25, 0.3) is 0 Å². The molecule has 1 aromatic carbocycles. The molecule has 2 aliphatic rings. The number of nitrogens with zero attached hydrogens (tertiary/aromatic N) is 2. The molecule has 150 valence electrons. The van der Waals surface area contributed by atoms with Crippen LogP contribution in [0.2, 0.25) is 0 Å². The maximum Gasteiger partial charge on any atom is 0.322 e. The van der Waals surface area contributed by atoms with E-state index in [1.165, 1.54) is 17.0 Å². The Balaban J connectivity index is 1.75. The number of hydrogen-bond donors (Lipinski definition) is 2. The van der Waals surface area contributed by atoms with Gasteiger partial charge in [-0.2, -0.15) is 0 Å². The molecule has 0 aromatic heterocycles. The normalized spacial score (nSPS) is 19.2. The van der Waals surface area contributed by atoms with Crippen LogP contribution in [0.5, 0.6) is 0 Å². The third-order valence-electron chi connectivity index (χ3n) is 4.95. The highest BCUT2D eigenvalue weighted by atomic mass is 19.1. The van der Waals surface area contributed by atoms with Gasteiger partial charge in [0.1, 0.15) is 5.82 Å². The molecule has 0 spiro atoms. The maximum absolute atomic E-state index is 13.3. The number of benzene rings is 1. The predicted molar refractivity (Wildman–Crippen MR) is 102 cm³/mol. The van der Waals surface area contributed by atoms with Crippen molar-refractivity contribution < 1.29 is 18.8 Å². The third kappa shape index (κ3) is 4.00. The van der Waals surface area contributed by atoms with Gasteiger partial charge >= 0.3 is 6.03 Å². The van der Waals surface area contributed by atoms with Gasteiger partial charge in [-0.25, -0.2) is 9.18 Å². The molecule has 7 nitrogen and oxygen atoms in total. The summed E-state index contributed by atoms with van der Waals surface area (Å²) in [5, 5.41) is 5.64. The second-order valence-electron chi connectivity index (χ2n) is 7.53. The standard InChI is InChI=1S/C20H25FN4O3/c1-12(2)10-22-16(26)8-9-25-11-15-17(19(25)27)18(23-20(28)24(15)3)13-4-6-14(21)7-5-13/h4-7,12,18H,8-11H2,1-3H3,(H,22,26)(H,23,28)/t18-/m1/s1. The first-order chi connectivity index (χ1) is 13.3. The van der Waals surface area contributed by atoms with E-state index in [9.17, 15) is 18.8 Å². The molecule has 0 saturated heterocycles. The SMILES string of the molecule is CC(C)CNC(=O)CCN1CC2=C(C1=O)[C@@H](c1ccc(F)cc1)NC(=O)N2C. The van der Waals surface area contributed by atoms with Gasteiger partial charge in [0.15, 0.2) is 0 Å². The van der Waals surface area contributed by atoms with Crippen LogP contribution in [0, 0.1) is 11.7 Å². The highest BCUT2D eigenvalue weighted by Crippen LogP contribution is 2.35. The minimum Gasteiger partial charge on any atom is -0.356 e. The molecule has 0 unspecified atom stereocenters. The van der Waals surface area contributed by atoms with E-state index in [-0.39, 0.29) is 43.2 Å². The van der Waals surface area contributed by atoms with Gasteiger partial charge in [0.25, 0.3) is 5.91 Å². The number of likely N-dealkylation sites (N-methyl/N-ethyl adjacent to an activating group) is 1. The van der Waals surface area contributed by atoms with E-state index >= 15 is 0 Å². The van der Waals surface area contributed by atoms with Gasteiger partial charge in [0.05, 0.1) is 23.9 Å². The van der Waals surface area contributed by atoms with E-state index in [1.807, 2.05) is 13.8 Å². The quantitative estimate of drug-likeness (QED) is 0.779.